The van der Waals surface area contributed by atoms with E-state index in [9.17, 15) is 4.79 Å². The number of likely N-dealkylation sites (N-methyl/N-ethyl adjacent to an activating group) is 1. The highest BCUT2D eigenvalue weighted by molar-refractivity contribution is 5.99. The van der Waals surface area contributed by atoms with Crippen molar-refractivity contribution in [2.75, 3.05) is 20.1 Å². The van der Waals surface area contributed by atoms with Crippen LogP contribution in [-0.4, -0.2) is 30.8 Å². The Hall–Kier alpha value is -1.66. The summed E-state index contributed by atoms with van der Waals surface area (Å²) >= 11 is 0. The quantitative estimate of drug-likeness (QED) is 0.763. The molecule has 0 saturated heterocycles. The van der Waals surface area contributed by atoms with Gasteiger partial charge in [-0.3, -0.25) is 9.69 Å². The summed E-state index contributed by atoms with van der Waals surface area (Å²) in [4.78, 5) is 14.2. The van der Waals surface area contributed by atoms with Gasteiger partial charge in [0.25, 0.3) is 0 Å². The van der Waals surface area contributed by atoms with Gasteiger partial charge in [-0.05, 0) is 57.5 Å². The summed E-state index contributed by atoms with van der Waals surface area (Å²) in [6.45, 7) is 8.88. The molecule has 0 aliphatic heterocycles. The lowest BCUT2D eigenvalue weighted by Crippen LogP contribution is -2.30. The fourth-order valence-electron chi connectivity index (χ4n) is 2.16. The lowest BCUT2D eigenvalue weighted by molar-refractivity contribution is 0.0942. The molecule has 0 aliphatic carbocycles. The first-order valence-electron chi connectivity index (χ1n) is 6.54. The number of hydrogen-bond acceptors (Lipinski definition) is 3. The van der Waals surface area contributed by atoms with Gasteiger partial charge in [-0.2, -0.15) is 5.26 Å². The van der Waals surface area contributed by atoms with Gasteiger partial charge in [-0.1, -0.05) is 6.07 Å². The third-order valence-electron chi connectivity index (χ3n) is 3.36. The Kier molecular flexibility index (Phi) is 5.26. The number of benzene rings is 1. The molecule has 0 radical (unpaired) electrons. The maximum absolute atomic E-state index is 12.3. The zero-order valence-electron chi connectivity index (χ0n) is 12.4. The predicted octanol–water partition coefficient (Wildman–Crippen LogP) is 2.89. The van der Waals surface area contributed by atoms with Crippen molar-refractivity contribution in [3.63, 3.8) is 0 Å². The van der Waals surface area contributed by atoms with Gasteiger partial charge in [0.15, 0.2) is 5.78 Å². The number of nitriles is 1. The number of ketones is 1. The van der Waals surface area contributed by atoms with Crippen molar-refractivity contribution in [3.8, 4) is 6.07 Å². The predicted molar refractivity (Wildman–Crippen MR) is 77.3 cm³/mol. The maximum Gasteiger partial charge on any atom is 0.177 e. The van der Waals surface area contributed by atoms with Crippen LogP contribution in [0, 0.1) is 38.0 Å². The molecule has 0 spiro atoms. The second-order valence-corrected chi connectivity index (χ2v) is 5.40. The average molecular weight is 258 g/mol. The Morgan fingerprint density at radius 2 is 1.84 bits per heavy atom. The van der Waals surface area contributed by atoms with Crippen LogP contribution in [0.2, 0.25) is 0 Å². The molecule has 1 aromatic carbocycles. The molecule has 102 valence electrons. The first-order valence-corrected chi connectivity index (χ1v) is 6.54. The highest BCUT2D eigenvalue weighted by atomic mass is 16.1. The van der Waals surface area contributed by atoms with Crippen LogP contribution < -0.4 is 0 Å². The largest absolute Gasteiger partial charge is 0.298 e. The van der Waals surface area contributed by atoms with E-state index in [1.54, 1.807) is 0 Å². The number of aryl methyl sites for hydroxylation is 3. The molecule has 0 bridgehead atoms. The molecule has 0 saturated carbocycles. The van der Waals surface area contributed by atoms with Gasteiger partial charge in [-0.25, -0.2) is 0 Å². The van der Waals surface area contributed by atoms with Crippen LogP contribution in [-0.2, 0) is 0 Å². The molecule has 0 heterocycles. The van der Waals surface area contributed by atoms with Gasteiger partial charge < -0.3 is 0 Å². The minimum atomic E-state index is -0.0568. The minimum Gasteiger partial charge on any atom is -0.298 e. The fourth-order valence-corrected chi connectivity index (χ4v) is 2.16. The summed E-state index contributed by atoms with van der Waals surface area (Å²) in [6.07, 6.45) is 0. The van der Waals surface area contributed by atoms with Crippen molar-refractivity contribution in [1.29, 1.82) is 5.26 Å². The number of rotatable bonds is 5. The average Bonchev–Trinajstić information content (AvgIpc) is 2.33. The summed E-state index contributed by atoms with van der Waals surface area (Å²) in [7, 11) is 1.88. The summed E-state index contributed by atoms with van der Waals surface area (Å²) in [5.74, 6) is 0.0619. The van der Waals surface area contributed by atoms with Crippen molar-refractivity contribution in [2.24, 2.45) is 5.92 Å². The summed E-state index contributed by atoms with van der Waals surface area (Å²) in [5.41, 5.74) is 4.16. The Labute approximate surface area is 115 Å². The summed E-state index contributed by atoms with van der Waals surface area (Å²) in [6, 6.07) is 6.21. The zero-order chi connectivity index (χ0) is 14.6. The van der Waals surface area contributed by atoms with Gasteiger partial charge in [0, 0.05) is 12.1 Å². The van der Waals surface area contributed by atoms with Crippen LogP contribution in [0.3, 0.4) is 0 Å². The van der Waals surface area contributed by atoms with Crippen molar-refractivity contribution >= 4 is 5.78 Å². The third kappa shape index (κ3) is 4.18. The standard InChI is InChI=1S/C16H22N2O/c1-11(8-17)9-18(5)10-16(19)15-7-13(3)12(2)6-14(15)4/h6-7,11H,9-10H2,1-5H3. The van der Waals surface area contributed by atoms with E-state index in [-0.39, 0.29) is 11.7 Å². The van der Waals surface area contributed by atoms with E-state index >= 15 is 0 Å². The van der Waals surface area contributed by atoms with Crippen LogP contribution in [0.4, 0.5) is 0 Å². The van der Waals surface area contributed by atoms with Gasteiger partial charge in [-0.15, -0.1) is 0 Å². The van der Waals surface area contributed by atoms with Crippen molar-refractivity contribution in [2.45, 2.75) is 27.7 Å². The normalized spacial score (nSPS) is 12.3. The second kappa shape index (κ2) is 6.49. The van der Waals surface area contributed by atoms with E-state index in [2.05, 4.69) is 19.1 Å². The van der Waals surface area contributed by atoms with Gasteiger partial charge >= 0.3 is 0 Å². The second-order valence-electron chi connectivity index (χ2n) is 5.40. The maximum atomic E-state index is 12.3. The number of hydrogen-bond donors (Lipinski definition) is 0. The van der Waals surface area contributed by atoms with E-state index in [0.29, 0.717) is 13.1 Å². The molecule has 1 rings (SSSR count). The van der Waals surface area contributed by atoms with Crippen LogP contribution in [0.1, 0.15) is 34.0 Å². The molecule has 0 amide bonds. The van der Waals surface area contributed by atoms with Crippen LogP contribution >= 0.6 is 0 Å². The lowest BCUT2D eigenvalue weighted by atomic mass is 9.98. The van der Waals surface area contributed by atoms with E-state index in [4.69, 9.17) is 5.26 Å². The molecule has 3 nitrogen and oxygen atoms in total. The first kappa shape index (κ1) is 15.4. The molecule has 0 fully saturated rings. The Balaban J connectivity index is 2.79. The van der Waals surface area contributed by atoms with Gasteiger partial charge in [0.05, 0.1) is 18.5 Å². The molecule has 0 N–H and O–H groups in total. The highest BCUT2D eigenvalue weighted by Crippen LogP contribution is 2.16. The van der Waals surface area contributed by atoms with Crippen molar-refractivity contribution in [3.05, 3.63) is 34.4 Å². The number of carbonyl (C=O) groups excluding carboxylic acids is 1. The Bertz CT molecular complexity index is 514. The SMILES string of the molecule is Cc1cc(C)c(C(=O)CN(C)CC(C)C#N)cc1C. The topological polar surface area (TPSA) is 44.1 Å². The molecule has 1 unspecified atom stereocenters. The number of nitrogens with zero attached hydrogens (tertiary/aromatic N) is 2. The number of Topliss-reactive ketones (excluding diaryl/α,β-unsaturated/α-hetero) is 1. The summed E-state index contributed by atoms with van der Waals surface area (Å²) < 4.78 is 0. The molecule has 0 aromatic heterocycles. The molecule has 1 aromatic rings. The first-order chi connectivity index (χ1) is 8.85. The van der Waals surface area contributed by atoms with Crippen LogP contribution in [0.25, 0.3) is 0 Å². The number of carbonyl (C=O) groups is 1. The molecular formula is C16H22N2O. The van der Waals surface area contributed by atoms with Gasteiger partial charge in [0.1, 0.15) is 0 Å². The van der Waals surface area contributed by atoms with E-state index in [1.165, 1.54) is 5.56 Å². The van der Waals surface area contributed by atoms with E-state index in [0.717, 1.165) is 16.7 Å². The smallest absolute Gasteiger partial charge is 0.177 e. The van der Waals surface area contributed by atoms with Gasteiger partial charge in [0.2, 0.25) is 0 Å². The fraction of sp³-hybridized carbons (Fsp3) is 0.500. The van der Waals surface area contributed by atoms with Crippen LogP contribution in [0.5, 0.6) is 0 Å². The summed E-state index contributed by atoms with van der Waals surface area (Å²) in [5, 5.41) is 8.78. The van der Waals surface area contributed by atoms with Crippen LogP contribution in [0.15, 0.2) is 12.1 Å². The zero-order valence-corrected chi connectivity index (χ0v) is 12.4. The van der Waals surface area contributed by atoms with E-state index in [1.807, 2.05) is 38.8 Å². The highest BCUT2D eigenvalue weighted by Gasteiger charge is 2.14. The molecule has 19 heavy (non-hydrogen) atoms. The lowest BCUT2D eigenvalue weighted by Gasteiger charge is -2.18. The monoisotopic (exact) mass is 258 g/mol. The minimum absolute atomic E-state index is 0.0568. The molecule has 0 aliphatic rings. The Morgan fingerprint density at radius 3 is 2.42 bits per heavy atom. The molecule has 1 atom stereocenters. The molecule has 3 heteroatoms. The Morgan fingerprint density at radius 1 is 1.26 bits per heavy atom. The molecular weight excluding hydrogens is 236 g/mol. The van der Waals surface area contributed by atoms with Crippen molar-refractivity contribution < 1.29 is 4.79 Å². The van der Waals surface area contributed by atoms with E-state index < -0.39 is 0 Å². The third-order valence-corrected chi connectivity index (χ3v) is 3.36. The van der Waals surface area contributed by atoms with Crippen molar-refractivity contribution in [1.82, 2.24) is 4.90 Å².